The third-order valence-electron chi connectivity index (χ3n) is 4.07. The molecule has 0 spiro atoms. The van der Waals surface area contributed by atoms with Crippen LogP contribution in [0.15, 0.2) is 54.6 Å². The maximum atomic E-state index is 12.2. The van der Waals surface area contributed by atoms with Gasteiger partial charge in [-0.3, -0.25) is 9.59 Å². The standard InChI is InChI=1S/C19H20N2O2/c22-18(20-13-12-15-6-2-1-3-7-15)14-21-17-9-5-4-8-16(17)10-11-19(21)23/h1-9H,10-14H2,(H,20,22). The van der Waals surface area contributed by atoms with Gasteiger partial charge in [-0.1, -0.05) is 48.5 Å². The molecule has 0 radical (unpaired) electrons. The summed E-state index contributed by atoms with van der Waals surface area (Å²) in [5.74, 6) is -0.104. The van der Waals surface area contributed by atoms with Crippen molar-refractivity contribution in [3.63, 3.8) is 0 Å². The first-order valence-corrected chi connectivity index (χ1v) is 7.93. The SMILES string of the molecule is O=C(CN1C(=O)CCc2ccccc21)NCCc1ccccc1. The monoisotopic (exact) mass is 308 g/mol. The smallest absolute Gasteiger partial charge is 0.240 e. The zero-order valence-corrected chi connectivity index (χ0v) is 13.0. The number of aryl methyl sites for hydroxylation is 1. The van der Waals surface area contributed by atoms with E-state index >= 15 is 0 Å². The molecular formula is C19H20N2O2. The van der Waals surface area contributed by atoms with E-state index in [9.17, 15) is 9.59 Å². The molecule has 0 fully saturated rings. The summed E-state index contributed by atoms with van der Waals surface area (Å²) in [6.07, 6.45) is 2.01. The molecule has 1 aliphatic heterocycles. The minimum absolute atomic E-state index is 0.0157. The number of carbonyl (C=O) groups is 2. The van der Waals surface area contributed by atoms with Gasteiger partial charge in [-0.25, -0.2) is 0 Å². The summed E-state index contributed by atoms with van der Waals surface area (Å²) in [4.78, 5) is 25.9. The molecule has 2 aromatic carbocycles. The number of hydrogen-bond donors (Lipinski definition) is 1. The summed E-state index contributed by atoms with van der Waals surface area (Å²) in [5.41, 5.74) is 3.18. The van der Waals surface area contributed by atoms with Gasteiger partial charge in [0.05, 0.1) is 0 Å². The summed E-state index contributed by atoms with van der Waals surface area (Å²) < 4.78 is 0. The quantitative estimate of drug-likeness (QED) is 0.921. The predicted octanol–water partition coefficient (Wildman–Crippen LogP) is 2.32. The van der Waals surface area contributed by atoms with Crippen molar-refractivity contribution in [1.82, 2.24) is 5.32 Å². The molecule has 0 atom stereocenters. The molecule has 0 aliphatic carbocycles. The summed E-state index contributed by atoms with van der Waals surface area (Å²) in [6.45, 7) is 0.664. The topological polar surface area (TPSA) is 49.4 Å². The molecular weight excluding hydrogens is 288 g/mol. The first kappa shape index (κ1) is 15.3. The number of fused-ring (bicyclic) bond motifs is 1. The van der Waals surface area contributed by atoms with E-state index in [1.807, 2.05) is 54.6 Å². The molecule has 1 heterocycles. The summed E-state index contributed by atoms with van der Waals surface area (Å²) >= 11 is 0. The lowest BCUT2D eigenvalue weighted by atomic mass is 10.0. The largest absolute Gasteiger partial charge is 0.354 e. The second-order valence-electron chi connectivity index (χ2n) is 5.69. The van der Waals surface area contributed by atoms with E-state index in [-0.39, 0.29) is 18.4 Å². The molecule has 4 heteroatoms. The van der Waals surface area contributed by atoms with Crippen LogP contribution in [0.5, 0.6) is 0 Å². The number of amides is 2. The molecule has 0 aromatic heterocycles. The molecule has 2 amide bonds. The van der Waals surface area contributed by atoms with Crippen LogP contribution in [0.3, 0.4) is 0 Å². The number of para-hydroxylation sites is 1. The molecule has 0 saturated heterocycles. The molecule has 23 heavy (non-hydrogen) atoms. The van der Waals surface area contributed by atoms with Crippen molar-refractivity contribution in [1.29, 1.82) is 0 Å². The zero-order valence-electron chi connectivity index (χ0n) is 13.0. The molecule has 0 saturated carbocycles. The van der Waals surface area contributed by atoms with Gasteiger partial charge < -0.3 is 10.2 Å². The van der Waals surface area contributed by atoms with Crippen LogP contribution < -0.4 is 10.2 Å². The van der Waals surface area contributed by atoms with E-state index < -0.39 is 0 Å². The highest BCUT2D eigenvalue weighted by Crippen LogP contribution is 2.26. The Labute approximate surface area is 136 Å². The second kappa shape index (κ2) is 7.09. The number of anilines is 1. The van der Waals surface area contributed by atoms with Crippen molar-refractivity contribution in [2.24, 2.45) is 0 Å². The molecule has 3 rings (SSSR count). The van der Waals surface area contributed by atoms with Gasteiger partial charge in [0.2, 0.25) is 11.8 Å². The van der Waals surface area contributed by atoms with Gasteiger partial charge in [-0.2, -0.15) is 0 Å². The van der Waals surface area contributed by atoms with E-state index in [0.717, 1.165) is 24.1 Å². The Hall–Kier alpha value is -2.62. The minimum atomic E-state index is -0.119. The van der Waals surface area contributed by atoms with Gasteiger partial charge in [0.15, 0.2) is 0 Å². The van der Waals surface area contributed by atoms with Crippen LogP contribution in [0, 0.1) is 0 Å². The highest BCUT2D eigenvalue weighted by Gasteiger charge is 2.25. The summed E-state index contributed by atoms with van der Waals surface area (Å²) in [7, 11) is 0. The third-order valence-corrected chi connectivity index (χ3v) is 4.07. The van der Waals surface area contributed by atoms with Gasteiger partial charge in [0.1, 0.15) is 6.54 Å². The lowest BCUT2D eigenvalue weighted by Gasteiger charge is -2.28. The van der Waals surface area contributed by atoms with E-state index in [2.05, 4.69) is 5.32 Å². The fourth-order valence-corrected chi connectivity index (χ4v) is 2.86. The van der Waals surface area contributed by atoms with Crippen molar-refractivity contribution in [3.8, 4) is 0 Å². The fraction of sp³-hybridized carbons (Fsp3) is 0.263. The van der Waals surface area contributed by atoms with Crippen LogP contribution in [0.2, 0.25) is 0 Å². The van der Waals surface area contributed by atoms with Crippen LogP contribution in [0.1, 0.15) is 17.5 Å². The van der Waals surface area contributed by atoms with Crippen molar-refractivity contribution in [2.75, 3.05) is 18.0 Å². The number of nitrogens with one attached hydrogen (secondary N) is 1. The van der Waals surface area contributed by atoms with Crippen molar-refractivity contribution < 1.29 is 9.59 Å². The number of hydrogen-bond acceptors (Lipinski definition) is 2. The van der Waals surface area contributed by atoms with Crippen molar-refractivity contribution in [2.45, 2.75) is 19.3 Å². The van der Waals surface area contributed by atoms with Crippen molar-refractivity contribution in [3.05, 3.63) is 65.7 Å². The number of rotatable bonds is 5. The first-order valence-electron chi connectivity index (χ1n) is 7.93. The first-order chi connectivity index (χ1) is 11.2. The number of benzene rings is 2. The van der Waals surface area contributed by atoms with Crippen LogP contribution in [-0.2, 0) is 22.4 Å². The highest BCUT2D eigenvalue weighted by molar-refractivity contribution is 6.00. The van der Waals surface area contributed by atoms with Gasteiger partial charge in [-0.05, 0) is 30.0 Å². The highest BCUT2D eigenvalue weighted by atomic mass is 16.2. The number of nitrogens with zero attached hydrogens (tertiary/aromatic N) is 1. The molecule has 1 aliphatic rings. The van der Waals surface area contributed by atoms with Crippen LogP contribution in [0.25, 0.3) is 0 Å². The average Bonchev–Trinajstić information content (AvgIpc) is 2.58. The molecule has 0 bridgehead atoms. The van der Waals surface area contributed by atoms with E-state index in [1.54, 1.807) is 4.90 Å². The van der Waals surface area contributed by atoms with Crippen LogP contribution in [0.4, 0.5) is 5.69 Å². The molecule has 0 unspecified atom stereocenters. The zero-order chi connectivity index (χ0) is 16.1. The van der Waals surface area contributed by atoms with Gasteiger partial charge in [-0.15, -0.1) is 0 Å². The lowest BCUT2D eigenvalue weighted by Crippen LogP contribution is -2.43. The normalized spacial score (nSPS) is 13.6. The molecule has 2 aromatic rings. The number of carbonyl (C=O) groups excluding carboxylic acids is 2. The molecule has 118 valence electrons. The van der Waals surface area contributed by atoms with Crippen LogP contribution >= 0.6 is 0 Å². The maximum Gasteiger partial charge on any atom is 0.240 e. The second-order valence-corrected chi connectivity index (χ2v) is 5.69. The Morgan fingerprint density at radius 2 is 1.74 bits per heavy atom. The predicted molar refractivity (Wildman–Crippen MR) is 90.3 cm³/mol. The van der Waals surface area contributed by atoms with Gasteiger partial charge in [0.25, 0.3) is 0 Å². The van der Waals surface area contributed by atoms with E-state index in [0.29, 0.717) is 13.0 Å². The Kier molecular flexibility index (Phi) is 4.71. The van der Waals surface area contributed by atoms with Crippen molar-refractivity contribution >= 4 is 17.5 Å². The van der Waals surface area contributed by atoms with Crippen LogP contribution in [-0.4, -0.2) is 24.9 Å². The maximum absolute atomic E-state index is 12.2. The van der Waals surface area contributed by atoms with E-state index in [4.69, 9.17) is 0 Å². The minimum Gasteiger partial charge on any atom is -0.354 e. The average molecular weight is 308 g/mol. The Bertz CT molecular complexity index is 698. The molecule has 1 N–H and O–H groups in total. The van der Waals surface area contributed by atoms with Gasteiger partial charge in [0, 0.05) is 18.7 Å². The Morgan fingerprint density at radius 1 is 1.00 bits per heavy atom. The Balaban J connectivity index is 1.56. The Morgan fingerprint density at radius 3 is 2.57 bits per heavy atom. The fourth-order valence-electron chi connectivity index (χ4n) is 2.86. The van der Waals surface area contributed by atoms with Gasteiger partial charge >= 0.3 is 0 Å². The van der Waals surface area contributed by atoms with E-state index in [1.165, 1.54) is 5.56 Å². The summed E-state index contributed by atoms with van der Waals surface area (Å²) in [5, 5.41) is 2.90. The molecule has 4 nitrogen and oxygen atoms in total. The summed E-state index contributed by atoms with van der Waals surface area (Å²) in [6, 6.07) is 17.8. The lowest BCUT2D eigenvalue weighted by molar-refractivity contribution is -0.124. The third kappa shape index (κ3) is 3.77.